The minimum absolute atomic E-state index is 0.543. The van der Waals surface area contributed by atoms with Crippen LogP contribution in [-0.2, 0) is 0 Å². The van der Waals surface area contributed by atoms with Crippen LogP contribution in [0.15, 0.2) is 18.2 Å². The predicted octanol–water partition coefficient (Wildman–Crippen LogP) is 5.68. The molecular weight excluding hydrogens is 395 g/mol. The van der Waals surface area contributed by atoms with Gasteiger partial charge in [-0.3, -0.25) is 0 Å². The van der Waals surface area contributed by atoms with Crippen LogP contribution in [0.1, 0.15) is 48.4 Å². The maximum absolute atomic E-state index is 6.38. The number of aromatic nitrogens is 2. The molecule has 1 fully saturated rings. The van der Waals surface area contributed by atoms with Crippen LogP contribution < -0.4 is 0 Å². The number of rotatable bonds is 2. The second kappa shape index (κ2) is 6.21. The summed E-state index contributed by atoms with van der Waals surface area (Å²) in [7, 11) is 0. The lowest BCUT2D eigenvalue weighted by Crippen LogP contribution is -2.05. The SMILES string of the molecule is Cc1cccc(-c2nc(Cl)c(I)c(C3CCCC3)n2)c1C. The van der Waals surface area contributed by atoms with Gasteiger partial charge in [-0.1, -0.05) is 42.6 Å². The Morgan fingerprint density at radius 1 is 1.14 bits per heavy atom. The molecule has 0 atom stereocenters. The monoisotopic (exact) mass is 412 g/mol. The molecule has 1 aromatic carbocycles. The standard InChI is InChI=1S/C17H18ClIN2/c1-10-6-5-9-13(11(10)2)17-20-15(12-7-3-4-8-12)14(19)16(18)21-17/h5-6,9,12H,3-4,7-8H2,1-2H3. The van der Waals surface area contributed by atoms with Crippen LogP contribution in [0.25, 0.3) is 11.4 Å². The molecule has 0 unspecified atom stereocenters. The number of hydrogen-bond donors (Lipinski definition) is 0. The highest BCUT2D eigenvalue weighted by atomic mass is 127. The fraction of sp³-hybridized carbons (Fsp3) is 0.412. The molecule has 110 valence electrons. The van der Waals surface area contributed by atoms with Crippen LogP contribution in [0.5, 0.6) is 0 Å². The molecule has 2 nitrogen and oxygen atoms in total. The molecule has 0 amide bonds. The average molecular weight is 413 g/mol. The van der Waals surface area contributed by atoms with Crippen molar-refractivity contribution in [3.63, 3.8) is 0 Å². The van der Waals surface area contributed by atoms with Gasteiger partial charge in [0.2, 0.25) is 0 Å². The summed E-state index contributed by atoms with van der Waals surface area (Å²) < 4.78 is 1.02. The first-order chi connectivity index (χ1) is 10.1. The van der Waals surface area contributed by atoms with E-state index in [0.717, 1.165) is 20.7 Å². The summed E-state index contributed by atoms with van der Waals surface area (Å²) in [6, 6.07) is 6.26. The topological polar surface area (TPSA) is 25.8 Å². The van der Waals surface area contributed by atoms with Crippen molar-refractivity contribution < 1.29 is 0 Å². The Hall–Kier alpha value is -0.680. The molecule has 1 aliphatic rings. The van der Waals surface area contributed by atoms with Crippen LogP contribution in [0, 0.1) is 17.4 Å². The van der Waals surface area contributed by atoms with E-state index >= 15 is 0 Å². The fourth-order valence-corrected chi connectivity index (χ4v) is 3.88. The van der Waals surface area contributed by atoms with Crippen LogP contribution in [0.2, 0.25) is 5.15 Å². The highest BCUT2D eigenvalue weighted by Crippen LogP contribution is 2.38. The molecule has 1 saturated carbocycles. The molecule has 1 heterocycles. The third-order valence-electron chi connectivity index (χ3n) is 4.42. The Bertz CT molecular complexity index is 679. The maximum atomic E-state index is 6.38. The summed E-state index contributed by atoms with van der Waals surface area (Å²) in [5, 5.41) is 0.586. The first-order valence-electron chi connectivity index (χ1n) is 7.37. The van der Waals surface area contributed by atoms with Gasteiger partial charge in [0, 0.05) is 11.5 Å². The van der Waals surface area contributed by atoms with E-state index in [4.69, 9.17) is 16.6 Å². The van der Waals surface area contributed by atoms with Crippen molar-refractivity contribution in [2.75, 3.05) is 0 Å². The van der Waals surface area contributed by atoms with Gasteiger partial charge in [-0.2, -0.15) is 0 Å². The molecule has 0 spiro atoms. The third-order valence-corrected chi connectivity index (χ3v) is 6.08. The Morgan fingerprint density at radius 2 is 1.86 bits per heavy atom. The van der Waals surface area contributed by atoms with Crippen molar-refractivity contribution in [3.8, 4) is 11.4 Å². The van der Waals surface area contributed by atoms with Gasteiger partial charge in [0.1, 0.15) is 5.15 Å². The van der Waals surface area contributed by atoms with Crippen LogP contribution in [-0.4, -0.2) is 9.97 Å². The lowest BCUT2D eigenvalue weighted by Gasteiger charge is -2.15. The summed E-state index contributed by atoms with van der Waals surface area (Å²) in [4.78, 5) is 9.41. The Labute approximate surface area is 144 Å². The molecule has 2 aromatic rings. The van der Waals surface area contributed by atoms with Gasteiger partial charge in [-0.15, -0.1) is 0 Å². The molecule has 0 bridgehead atoms. The molecule has 0 radical (unpaired) electrons. The van der Waals surface area contributed by atoms with Gasteiger partial charge in [0.15, 0.2) is 5.82 Å². The van der Waals surface area contributed by atoms with Gasteiger partial charge in [-0.05, 0) is 60.4 Å². The number of nitrogens with zero attached hydrogens (tertiary/aromatic N) is 2. The summed E-state index contributed by atoms with van der Waals surface area (Å²) in [6.45, 7) is 4.24. The summed E-state index contributed by atoms with van der Waals surface area (Å²) in [6.07, 6.45) is 5.02. The van der Waals surface area contributed by atoms with Crippen LogP contribution in [0.3, 0.4) is 0 Å². The van der Waals surface area contributed by atoms with E-state index in [1.807, 2.05) is 0 Å². The molecule has 21 heavy (non-hydrogen) atoms. The first kappa shape index (κ1) is 15.2. The van der Waals surface area contributed by atoms with E-state index < -0.39 is 0 Å². The summed E-state index contributed by atoms with van der Waals surface area (Å²) >= 11 is 8.67. The Morgan fingerprint density at radius 3 is 2.57 bits per heavy atom. The molecule has 3 rings (SSSR count). The van der Waals surface area contributed by atoms with Crippen molar-refractivity contribution in [1.82, 2.24) is 9.97 Å². The molecule has 0 saturated heterocycles. The molecule has 0 aliphatic heterocycles. The quantitative estimate of drug-likeness (QED) is 0.469. The van der Waals surface area contributed by atoms with Gasteiger partial charge in [0.05, 0.1) is 9.26 Å². The van der Waals surface area contributed by atoms with Gasteiger partial charge >= 0.3 is 0 Å². The highest BCUT2D eigenvalue weighted by Gasteiger charge is 2.24. The first-order valence-corrected chi connectivity index (χ1v) is 8.83. The molecule has 1 aliphatic carbocycles. The lowest BCUT2D eigenvalue weighted by molar-refractivity contribution is 0.690. The largest absolute Gasteiger partial charge is 0.232 e. The number of benzene rings is 1. The van der Waals surface area contributed by atoms with Crippen molar-refractivity contribution in [3.05, 3.63) is 43.7 Å². The Balaban J connectivity index is 2.13. The number of hydrogen-bond acceptors (Lipinski definition) is 2. The van der Waals surface area contributed by atoms with E-state index in [1.165, 1.54) is 36.8 Å². The smallest absolute Gasteiger partial charge is 0.161 e. The van der Waals surface area contributed by atoms with E-state index in [-0.39, 0.29) is 0 Å². The van der Waals surface area contributed by atoms with Crippen molar-refractivity contribution in [2.45, 2.75) is 45.4 Å². The van der Waals surface area contributed by atoms with Gasteiger partial charge in [-0.25, -0.2) is 9.97 Å². The second-order valence-electron chi connectivity index (χ2n) is 5.77. The minimum Gasteiger partial charge on any atom is -0.232 e. The van der Waals surface area contributed by atoms with Crippen molar-refractivity contribution in [2.24, 2.45) is 0 Å². The normalized spacial score (nSPS) is 15.6. The fourth-order valence-electron chi connectivity index (χ4n) is 3.02. The summed E-state index contributed by atoms with van der Waals surface area (Å²) in [5.74, 6) is 1.31. The van der Waals surface area contributed by atoms with Crippen LogP contribution in [0.4, 0.5) is 0 Å². The van der Waals surface area contributed by atoms with Gasteiger partial charge < -0.3 is 0 Å². The Kier molecular flexibility index (Phi) is 4.50. The third kappa shape index (κ3) is 2.95. The molecular formula is C17H18ClIN2. The maximum Gasteiger partial charge on any atom is 0.161 e. The van der Waals surface area contributed by atoms with E-state index in [1.54, 1.807) is 0 Å². The second-order valence-corrected chi connectivity index (χ2v) is 7.20. The highest BCUT2D eigenvalue weighted by molar-refractivity contribution is 14.1. The zero-order valence-corrected chi connectivity index (χ0v) is 15.2. The number of halogens is 2. The van der Waals surface area contributed by atoms with E-state index in [2.05, 4.69) is 59.6 Å². The van der Waals surface area contributed by atoms with E-state index in [9.17, 15) is 0 Å². The average Bonchev–Trinajstić information content (AvgIpc) is 2.99. The number of aryl methyl sites for hydroxylation is 1. The minimum atomic E-state index is 0.543. The van der Waals surface area contributed by atoms with E-state index in [0.29, 0.717) is 11.1 Å². The van der Waals surface area contributed by atoms with Gasteiger partial charge in [0.25, 0.3) is 0 Å². The molecule has 0 N–H and O–H groups in total. The summed E-state index contributed by atoms with van der Waals surface area (Å²) in [5.41, 5.74) is 4.72. The predicted molar refractivity (Wildman–Crippen MR) is 95.9 cm³/mol. The molecule has 4 heteroatoms. The lowest BCUT2D eigenvalue weighted by atomic mass is 10.0. The van der Waals surface area contributed by atoms with Crippen molar-refractivity contribution in [1.29, 1.82) is 0 Å². The zero-order chi connectivity index (χ0) is 15.0. The van der Waals surface area contributed by atoms with Crippen molar-refractivity contribution >= 4 is 34.2 Å². The molecule has 1 aromatic heterocycles. The zero-order valence-electron chi connectivity index (χ0n) is 12.3. The van der Waals surface area contributed by atoms with Crippen LogP contribution >= 0.6 is 34.2 Å².